The molecule has 0 spiro atoms. The van der Waals surface area contributed by atoms with Crippen LogP contribution in [0, 0.1) is 5.82 Å². The van der Waals surface area contributed by atoms with Crippen molar-refractivity contribution in [1.82, 2.24) is 13.9 Å². The Morgan fingerprint density at radius 3 is 2.91 bits per heavy atom. The van der Waals surface area contributed by atoms with Crippen molar-refractivity contribution in [3.63, 3.8) is 0 Å². The smallest absolute Gasteiger partial charge is 0.273 e. The van der Waals surface area contributed by atoms with Gasteiger partial charge in [0.05, 0.1) is 19.0 Å². The van der Waals surface area contributed by atoms with Crippen LogP contribution in [0.25, 0.3) is 21.5 Å². The first-order valence-electron chi connectivity index (χ1n) is 7.45. The van der Waals surface area contributed by atoms with Gasteiger partial charge in [0, 0.05) is 12.2 Å². The van der Waals surface area contributed by atoms with Crippen LogP contribution < -0.4 is 5.56 Å². The van der Waals surface area contributed by atoms with Crippen molar-refractivity contribution in [3.8, 4) is 11.3 Å². The average Bonchev–Trinajstić information content (AvgIpc) is 3.21. The highest BCUT2D eigenvalue weighted by molar-refractivity contribution is 7.13. The number of rotatable bonds is 3. The molecule has 1 fully saturated rings. The normalized spacial score (nSPS) is 17.9. The number of nitrogens with zero attached hydrogens (tertiary/aromatic N) is 3. The Bertz CT molecular complexity index is 898. The summed E-state index contributed by atoms with van der Waals surface area (Å²) < 4.78 is 25.1. The largest absolute Gasteiger partial charge is 0.376 e. The van der Waals surface area contributed by atoms with Crippen LogP contribution in [0.1, 0.15) is 12.8 Å². The summed E-state index contributed by atoms with van der Waals surface area (Å²) in [6.45, 7) is 1.27. The summed E-state index contributed by atoms with van der Waals surface area (Å²) in [4.78, 5) is 17.0. The van der Waals surface area contributed by atoms with Gasteiger partial charge in [0.25, 0.3) is 5.56 Å². The van der Waals surface area contributed by atoms with Crippen LogP contribution in [0.15, 0.2) is 35.4 Å². The molecule has 2 aromatic heterocycles. The van der Waals surface area contributed by atoms with E-state index in [0.29, 0.717) is 22.5 Å². The molecule has 0 saturated carbocycles. The summed E-state index contributed by atoms with van der Waals surface area (Å²) >= 11 is 1.13. The first kappa shape index (κ1) is 14.5. The summed E-state index contributed by atoms with van der Waals surface area (Å²) in [5.41, 5.74) is 1.83. The van der Waals surface area contributed by atoms with Crippen molar-refractivity contribution in [2.24, 2.45) is 0 Å². The van der Waals surface area contributed by atoms with Gasteiger partial charge in [0.1, 0.15) is 21.7 Å². The highest BCUT2D eigenvalue weighted by atomic mass is 32.1. The molecule has 0 aliphatic carbocycles. The summed E-state index contributed by atoms with van der Waals surface area (Å²) in [6, 6.07) is 6.03. The number of hydrogen-bond acceptors (Lipinski definition) is 5. The molecule has 0 N–H and O–H groups in total. The topological polar surface area (TPSA) is 57.0 Å². The Balaban J connectivity index is 1.74. The zero-order valence-corrected chi connectivity index (χ0v) is 13.1. The third-order valence-electron chi connectivity index (χ3n) is 3.99. The number of halogens is 1. The van der Waals surface area contributed by atoms with E-state index in [9.17, 15) is 9.18 Å². The van der Waals surface area contributed by atoms with Gasteiger partial charge in [-0.15, -0.1) is 0 Å². The number of benzene rings is 1. The van der Waals surface area contributed by atoms with Crippen LogP contribution in [0.3, 0.4) is 0 Å². The summed E-state index contributed by atoms with van der Waals surface area (Å²) in [5.74, 6) is -0.305. The lowest BCUT2D eigenvalue weighted by molar-refractivity contribution is 0.0960. The zero-order valence-electron chi connectivity index (χ0n) is 12.2. The third-order valence-corrected chi connectivity index (χ3v) is 4.82. The lowest BCUT2D eigenvalue weighted by Gasteiger charge is -2.10. The molecule has 1 atom stereocenters. The number of ether oxygens (including phenoxy) is 1. The van der Waals surface area contributed by atoms with Crippen molar-refractivity contribution in [1.29, 1.82) is 0 Å². The number of aromatic nitrogens is 3. The maximum Gasteiger partial charge on any atom is 0.273 e. The molecule has 1 saturated heterocycles. The maximum atomic E-state index is 13.1. The van der Waals surface area contributed by atoms with Gasteiger partial charge in [-0.05, 0) is 48.6 Å². The second kappa shape index (κ2) is 5.82. The molecule has 0 amide bonds. The van der Waals surface area contributed by atoms with E-state index in [1.807, 2.05) is 0 Å². The van der Waals surface area contributed by atoms with E-state index in [-0.39, 0.29) is 17.5 Å². The Morgan fingerprint density at radius 1 is 1.35 bits per heavy atom. The molecule has 1 aromatic carbocycles. The molecular weight excluding hydrogens is 317 g/mol. The second-order valence-corrected chi connectivity index (χ2v) is 6.33. The van der Waals surface area contributed by atoms with E-state index in [0.717, 1.165) is 36.5 Å². The average molecular weight is 331 g/mol. The predicted octanol–water partition coefficient (Wildman–Crippen LogP) is 2.84. The summed E-state index contributed by atoms with van der Waals surface area (Å²) in [6.07, 6.45) is 3.63. The molecule has 23 heavy (non-hydrogen) atoms. The molecule has 0 bridgehead atoms. The highest BCUT2D eigenvalue weighted by Gasteiger charge is 2.19. The monoisotopic (exact) mass is 331 g/mol. The fourth-order valence-electron chi connectivity index (χ4n) is 2.79. The third kappa shape index (κ3) is 2.66. The predicted molar refractivity (Wildman–Crippen MR) is 86.0 cm³/mol. The van der Waals surface area contributed by atoms with E-state index in [1.165, 1.54) is 12.1 Å². The lowest BCUT2D eigenvalue weighted by Crippen LogP contribution is -2.26. The van der Waals surface area contributed by atoms with Gasteiger partial charge in [0.2, 0.25) is 0 Å². The fraction of sp³-hybridized carbons (Fsp3) is 0.312. The van der Waals surface area contributed by atoms with Crippen LogP contribution in [-0.4, -0.2) is 26.6 Å². The van der Waals surface area contributed by atoms with Crippen LogP contribution >= 0.6 is 11.5 Å². The van der Waals surface area contributed by atoms with E-state index in [2.05, 4.69) is 9.36 Å². The minimum absolute atomic E-state index is 0.0800. The van der Waals surface area contributed by atoms with Gasteiger partial charge in [-0.1, -0.05) is 0 Å². The van der Waals surface area contributed by atoms with Crippen LogP contribution in [0.4, 0.5) is 4.39 Å². The summed E-state index contributed by atoms with van der Waals surface area (Å²) in [7, 11) is 0. The summed E-state index contributed by atoms with van der Waals surface area (Å²) in [5, 5.41) is 0. The Morgan fingerprint density at radius 2 is 2.17 bits per heavy atom. The molecular formula is C16H14FN3O2S. The van der Waals surface area contributed by atoms with Gasteiger partial charge >= 0.3 is 0 Å². The molecule has 0 radical (unpaired) electrons. The van der Waals surface area contributed by atoms with Crippen LogP contribution in [0.5, 0.6) is 0 Å². The van der Waals surface area contributed by atoms with E-state index < -0.39 is 0 Å². The molecule has 4 rings (SSSR count). The van der Waals surface area contributed by atoms with Crippen molar-refractivity contribution in [2.45, 2.75) is 25.5 Å². The number of hydrogen-bond donors (Lipinski definition) is 0. The minimum Gasteiger partial charge on any atom is -0.376 e. The Labute approximate surface area is 135 Å². The molecule has 1 aliphatic heterocycles. The standard InChI is InChI=1S/C16H14FN3O2S/c17-11-5-3-10(4-6-11)13-14-15(23-19-13)16(21)20(9-18-14)8-12-2-1-7-22-12/h3-6,9,12H,1-2,7-8H2. The van der Waals surface area contributed by atoms with Gasteiger partial charge in [-0.2, -0.15) is 4.37 Å². The van der Waals surface area contributed by atoms with E-state index >= 15 is 0 Å². The van der Waals surface area contributed by atoms with E-state index in [4.69, 9.17) is 4.74 Å². The van der Waals surface area contributed by atoms with Gasteiger partial charge in [0.15, 0.2) is 0 Å². The van der Waals surface area contributed by atoms with Crippen molar-refractivity contribution in [2.75, 3.05) is 6.61 Å². The zero-order chi connectivity index (χ0) is 15.8. The van der Waals surface area contributed by atoms with Gasteiger partial charge in [-0.25, -0.2) is 9.37 Å². The van der Waals surface area contributed by atoms with Crippen molar-refractivity contribution < 1.29 is 9.13 Å². The van der Waals surface area contributed by atoms with Gasteiger partial charge in [-0.3, -0.25) is 9.36 Å². The second-order valence-electron chi connectivity index (χ2n) is 5.55. The molecule has 1 aliphatic rings. The first-order chi connectivity index (χ1) is 11.2. The van der Waals surface area contributed by atoms with Crippen LogP contribution in [-0.2, 0) is 11.3 Å². The molecule has 3 heterocycles. The Kier molecular flexibility index (Phi) is 3.66. The lowest BCUT2D eigenvalue weighted by atomic mass is 10.1. The van der Waals surface area contributed by atoms with Crippen molar-refractivity contribution >= 4 is 21.7 Å². The molecule has 3 aromatic rings. The molecule has 1 unspecified atom stereocenters. The van der Waals surface area contributed by atoms with Crippen LogP contribution in [0.2, 0.25) is 0 Å². The fourth-order valence-corrected chi connectivity index (χ4v) is 3.60. The maximum absolute atomic E-state index is 13.1. The molecule has 5 nitrogen and oxygen atoms in total. The Hall–Kier alpha value is -2.12. The molecule has 118 valence electrons. The highest BCUT2D eigenvalue weighted by Crippen LogP contribution is 2.27. The van der Waals surface area contributed by atoms with Crippen molar-refractivity contribution in [3.05, 3.63) is 46.8 Å². The number of fused-ring (bicyclic) bond motifs is 1. The molecule has 7 heteroatoms. The minimum atomic E-state index is -0.305. The first-order valence-corrected chi connectivity index (χ1v) is 8.22. The quantitative estimate of drug-likeness (QED) is 0.740. The van der Waals surface area contributed by atoms with Gasteiger partial charge < -0.3 is 4.74 Å². The van der Waals surface area contributed by atoms with E-state index in [1.54, 1.807) is 23.0 Å². The SMILES string of the molecule is O=c1c2snc(-c3ccc(F)cc3)c2ncn1CC1CCCO1.